The quantitative estimate of drug-likeness (QED) is 0.571. The van der Waals surface area contributed by atoms with Gasteiger partial charge in [-0.2, -0.15) is 10.1 Å². The number of furan rings is 1. The molecule has 0 unspecified atom stereocenters. The van der Waals surface area contributed by atoms with Gasteiger partial charge >= 0.3 is 5.97 Å². The molecule has 32 heavy (non-hydrogen) atoms. The van der Waals surface area contributed by atoms with Crippen LogP contribution >= 0.6 is 0 Å². The first-order valence-electron chi connectivity index (χ1n) is 9.32. The lowest BCUT2D eigenvalue weighted by Crippen LogP contribution is -2.21. The van der Waals surface area contributed by atoms with Crippen LogP contribution in [0.3, 0.4) is 0 Å². The number of benzene rings is 2. The number of primary sulfonamides is 1. The maximum Gasteiger partial charge on any atom is 0.336 e. The third-order valence-corrected chi connectivity index (χ3v) is 5.74. The van der Waals surface area contributed by atoms with Crippen LogP contribution in [0, 0.1) is 0 Å². The highest BCUT2D eigenvalue weighted by Crippen LogP contribution is 2.29. The Kier molecular flexibility index (Phi) is 5.25. The first kappa shape index (κ1) is 21.2. The molecule has 0 aliphatic carbocycles. The molecule has 1 aromatic heterocycles. The molecule has 0 saturated heterocycles. The summed E-state index contributed by atoms with van der Waals surface area (Å²) in [5.41, 5.74) is 1.62. The Hall–Kier alpha value is -4.02. The molecule has 0 bridgehead atoms. The second-order valence-corrected chi connectivity index (χ2v) is 8.51. The van der Waals surface area contributed by atoms with Crippen molar-refractivity contribution >= 4 is 39.4 Å². The molecule has 10 heteroatoms. The van der Waals surface area contributed by atoms with Crippen molar-refractivity contribution in [1.29, 1.82) is 0 Å². The van der Waals surface area contributed by atoms with E-state index in [-0.39, 0.29) is 16.0 Å². The van der Waals surface area contributed by atoms with E-state index in [1.807, 2.05) is 0 Å². The number of hydrazone groups is 1. The Bertz CT molecular complexity index is 1400. The van der Waals surface area contributed by atoms with E-state index in [0.29, 0.717) is 28.5 Å². The predicted molar refractivity (Wildman–Crippen MR) is 117 cm³/mol. The summed E-state index contributed by atoms with van der Waals surface area (Å²) in [4.78, 5) is 24.3. The van der Waals surface area contributed by atoms with Gasteiger partial charge < -0.3 is 9.52 Å². The van der Waals surface area contributed by atoms with E-state index in [4.69, 9.17) is 9.56 Å². The summed E-state index contributed by atoms with van der Waals surface area (Å²) in [7, 11) is -3.85. The van der Waals surface area contributed by atoms with Crippen LogP contribution in [-0.2, 0) is 14.8 Å². The lowest BCUT2D eigenvalue weighted by molar-refractivity contribution is -0.114. The van der Waals surface area contributed by atoms with Crippen molar-refractivity contribution < 1.29 is 27.5 Å². The van der Waals surface area contributed by atoms with E-state index in [1.54, 1.807) is 37.3 Å². The second kappa shape index (κ2) is 7.91. The van der Waals surface area contributed by atoms with Gasteiger partial charge in [-0.25, -0.2) is 18.4 Å². The van der Waals surface area contributed by atoms with Crippen molar-refractivity contribution in [1.82, 2.24) is 0 Å². The van der Waals surface area contributed by atoms with Crippen molar-refractivity contribution in [2.45, 2.75) is 11.8 Å². The van der Waals surface area contributed by atoms with Crippen molar-refractivity contribution in [3.63, 3.8) is 0 Å². The van der Waals surface area contributed by atoms with Crippen LogP contribution in [0.4, 0.5) is 5.69 Å². The number of aromatic carboxylic acids is 1. The van der Waals surface area contributed by atoms with Gasteiger partial charge in [0.15, 0.2) is 0 Å². The van der Waals surface area contributed by atoms with Crippen LogP contribution in [0.25, 0.3) is 17.4 Å². The normalized spacial score (nSPS) is 15.3. The number of carboxylic acid groups (broad SMARTS) is 1. The molecule has 0 fully saturated rings. The average Bonchev–Trinajstić information content (AvgIpc) is 3.33. The zero-order valence-corrected chi connectivity index (χ0v) is 17.5. The zero-order valence-electron chi connectivity index (χ0n) is 16.7. The molecular formula is C22H17N3O6S. The van der Waals surface area contributed by atoms with Gasteiger partial charge in [0, 0.05) is 5.56 Å². The van der Waals surface area contributed by atoms with Crippen LogP contribution in [-0.4, -0.2) is 31.1 Å². The molecular weight excluding hydrogens is 434 g/mol. The number of sulfonamides is 1. The van der Waals surface area contributed by atoms with Gasteiger partial charge in [-0.15, -0.1) is 0 Å². The number of hydrogen-bond donors (Lipinski definition) is 2. The lowest BCUT2D eigenvalue weighted by Gasteiger charge is -2.12. The third kappa shape index (κ3) is 3.96. The van der Waals surface area contributed by atoms with Gasteiger partial charge in [0.05, 0.1) is 27.4 Å². The van der Waals surface area contributed by atoms with Gasteiger partial charge in [0.1, 0.15) is 11.5 Å². The SMILES string of the molecule is CC1=NN(c2ccc(S(N)(=O)=O)cc2)C(=O)C1=Cc1ccc(-c2ccccc2C(=O)O)o1. The Morgan fingerprint density at radius 2 is 1.78 bits per heavy atom. The number of carboxylic acids is 1. The highest BCUT2D eigenvalue weighted by Gasteiger charge is 2.29. The monoisotopic (exact) mass is 451 g/mol. The lowest BCUT2D eigenvalue weighted by atomic mass is 10.1. The molecule has 1 aliphatic heterocycles. The first-order valence-corrected chi connectivity index (χ1v) is 10.9. The number of amides is 1. The second-order valence-electron chi connectivity index (χ2n) is 6.95. The zero-order chi connectivity index (χ0) is 23.0. The molecule has 9 nitrogen and oxygen atoms in total. The Morgan fingerprint density at radius 3 is 2.44 bits per heavy atom. The molecule has 0 atom stereocenters. The molecule has 2 heterocycles. The van der Waals surface area contributed by atoms with Crippen molar-refractivity contribution in [2.24, 2.45) is 10.2 Å². The summed E-state index contributed by atoms with van der Waals surface area (Å²) in [6.07, 6.45) is 1.52. The summed E-state index contributed by atoms with van der Waals surface area (Å²) < 4.78 is 28.6. The predicted octanol–water partition coefficient (Wildman–Crippen LogP) is 3.10. The van der Waals surface area contributed by atoms with E-state index < -0.39 is 21.9 Å². The van der Waals surface area contributed by atoms with E-state index >= 15 is 0 Å². The number of carbonyl (C=O) groups is 2. The molecule has 162 valence electrons. The van der Waals surface area contributed by atoms with Gasteiger partial charge in [-0.1, -0.05) is 18.2 Å². The molecule has 1 amide bonds. The standard InChI is InChI=1S/C22H17N3O6S/c1-13-19(21(26)25(24-13)14-6-9-16(10-7-14)32(23,29)30)12-15-8-11-20(31-15)17-4-2-3-5-18(17)22(27)28/h2-12H,1H3,(H,27,28)(H2,23,29,30). The maximum absolute atomic E-state index is 12.9. The van der Waals surface area contributed by atoms with E-state index in [0.717, 1.165) is 5.01 Å². The summed E-state index contributed by atoms with van der Waals surface area (Å²) in [5, 5.41) is 19.9. The molecule has 0 saturated carbocycles. The molecule has 4 rings (SSSR count). The summed E-state index contributed by atoms with van der Waals surface area (Å²) >= 11 is 0. The summed E-state index contributed by atoms with van der Waals surface area (Å²) in [5.74, 6) is -0.792. The Balaban J connectivity index is 1.62. The van der Waals surface area contributed by atoms with Crippen LogP contribution in [0.2, 0.25) is 0 Å². The third-order valence-electron chi connectivity index (χ3n) is 4.81. The average molecular weight is 451 g/mol. The molecule has 0 radical (unpaired) electrons. The highest BCUT2D eigenvalue weighted by molar-refractivity contribution is 7.89. The molecule has 1 aliphatic rings. The minimum atomic E-state index is -3.85. The Morgan fingerprint density at radius 1 is 1.09 bits per heavy atom. The van der Waals surface area contributed by atoms with E-state index in [1.165, 1.54) is 36.4 Å². The minimum Gasteiger partial charge on any atom is -0.478 e. The smallest absolute Gasteiger partial charge is 0.336 e. The van der Waals surface area contributed by atoms with Crippen molar-refractivity contribution in [3.8, 4) is 11.3 Å². The number of nitrogens with two attached hydrogens (primary N) is 1. The minimum absolute atomic E-state index is 0.0749. The Labute approximate surface area is 183 Å². The van der Waals surface area contributed by atoms with E-state index in [9.17, 15) is 23.1 Å². The van der Waals surface area contributed by atoms with Crippen molar-refractivity contribution in [3.05, 3.63) is 77.6 Å². The molecule has 3 aromatic rings. The number of hydrogen-bond acceptors (Lipinski definition) is 6. The van der Waals surface area contributed by atoms with Gasteiger partial charge in [0.25, 0.3) is 5.91 Å². The molecule has 3 N–H and O–H groups in total. The molecule has 2 aromatic carbocycles. The topological polar surface area (TPSA) is 143 Å². The van der Waals surface area contributed by atoms with Crippen LogP contribution in [0.15, 0.2) is 80.7 Å². The number of rotatable bonds is 5. The highest BCUT2D eigenvalue weighted by atomic mass is 32.2. The fourth-order valence-electron chi connectivity index (χ4n) is 3.24. The van der Waals surface area contributed by atoms with Crippen LogP contribution in [0.5, 0.6) is 0 Å². The largest absolute Gasteiger partial charge is 0.478 e. The molecule has 0 spiro atoms. The van der Waals surface area contributed by atoms with Gasteiger partial charge in [0.2, 0.25) is 10.0 Å². The number of anilines is 1. The first-order chi connectivity index (χ1) is 15.1. The fraction of sp³-hybridized carbons (Fsp3) is 0.0455. The summed E-state index contributed by atoms with van der Waals surface area (Å²) in [6, 6.07) is 15.2. The van der Waals surface area contributed by atoms with Crippen molar-refractivity contribution in [2.75, 3.05) is 5.01 Å². The fourth-order valence-corrected chi connectivity index (χ4v) is 3.75. The van der Waals surface area contributed by atoms with Gasteiger partial charge in [-0.3, -0.25) is 4.79 Å². The van der Waals surface area contributed by atoms with Crippen LogP contribution in [0.1, 0.15) is 23.0 Å². The van der Waals surface area contributed by atoms with E-state index in [2.05, 4.69) is 5.10 Å². The number of nitrogens with zero attached hydrogens (tertiary/aromatic N) is 2. The summed E-state index contributed by atoms with van der Waals surface area (Å²) in [6.45, 7) is 1.66. The number of carbonyl (C=O) groups excluding carboxylic acids is 1. The van der Waals surface area contributed by atoms with Gasteiger partial charge in [-0.05, 0) is 55.5 Å². The van der Waals surface area contributed by atoms with Crippen LogP contribution < -0.4 is 10.1 Å². The maximum atomic E-state index is 12.9.